The topological polar surface area (TPSA) is 72.9 Å². The van der Waals surface area contributed by atoms with E-state index in [1.807, 2.05) is 6.07 Å². The van der Waals surface area contributed by atoms with Crippen molar-refractivity contribution in [1.29, 1.82) is 5.26 Å². The van der Waals surface area contributed by atoms with Crippen LogP contribution in [0.1, 0.15) is 40.5 Å². The highest BCUT2D eigenvalue weighted by Crippen LogP contribution is 2.43. The van der Waals surface area contributed by atoms with Gasteiger partial charge in [-0.2, -0.15) is 23.6 Å². The molecule has 0 bridgehead atoms. The van der Waals surface area contributed by atoms with Crippen LogP contribution in [0, 0.1) is 22.7 Å². The minimum Gasteiger partial charge on any atom is -0.598 e. The second-order valence-electron chi connectivity index (χ2n) is 5.67. The van der Waals surface area contributed by atoms with Crippen LogP contribution in [0.4, 0.5) is 13.2 Å². The van der Waals surface area contributed by atoms with Crippen LogP contribution in [-0.4, -0.2) is 15.5 Å². The van der Waals surface area contributed by atoms with Crippen LogP contribution in [-0.2, 0) is 11.4 Å². The fourth-order valence-corrected chi connectivity index (χ4v) is 1.94. The Labute approximate surface area is 109 Å². The Morgan fingerprint density at radius 1 is 1.22 bits per heavy atom. The standard InChI is InChI=1S/C11H19F3N2OS/c1-9(2,11(12,13)14)5-8(7-15)6-10(3,4)18(16)17/h8H,5-6,16H2,1-4H3. The SMILES string of the molecule is CC(C)(CC(C#N)CC(C)(C)C(F)(F)F)[S+](N)[O-]. The predicted molar refractivity (Wildman–Crippen MR) is 64.6 cm³/mol. The molecular weight excluding hydrogens is 265 g/mol. The summed E-state index contributed by atoms with van der Waals surface area (Å²) in [5, 5.41) is 14.2. The maximum atomic E-state index is 12.7. The Hall–Kier alpha value is -0.450. The van der Waals surface area contributed by atoms with Crippen LogP contribution in [0.15, 0.2) is 0 Å². The summed E-state index contributed by atoms with van der Waals surface area (Å²) in [6.07, 6.45) is -4.62. The molecule has 0 aliphatic carbocycles. The van der Waals surface area contributed by atoms with Crippen molar-refractivity contribution in [3.8, 4) is 6.07 Å². The lowest BCUT2D eigenvalue weighted by molar-refractivity contribution is -0.216. The summed E-state index contributed by atoms with van der Waals surface area (Å²) in [6, 6.07) is 1.85. The van der Waals surface area contributed by atoms with E-state index in [1.165, 1.54) is 0 Å². The molecule has 0 aromatic heterocycles. The molecule has 3 nitrogen and oxygen atoms in total. The molecule has 18 heavy (non-hydrogen) atoms. The van der Waals surface area contributed by atoms with Gasteiger partial charge in [0, 0.05) is 17.8 Å². The van der Waals surface area contributed by atoms with Gasteiger partial charge in [-0.05, 0) is 20.3 Å². The zero-order valence-corrected chi connectivity index (χ0v) is 11.8. The zero-order chi connectivity index (χ0) is 14.8. The van der Waals surface area contributed by atoms with E-state index in [-0.39, 0.29) is 12.8 Å². The average molecular weight is 284 g/mol. The second kappa shape index (κ2) is 5.68. The molecule has 0 fully saturated rings. The summed E-state index contributed by atoms with van der Waals surface area (Å²) in [5.41, 5.74) is -1.94. The second-order valence-corrected chi connectivity index (χ2v) is 7.37. The molecule has 2 atom stereocenters. The molecule has 0 spiro atoms. The van der Waals surface area contributed by atoms with Gasteiger partial charge in [0.2, 0.25) is 0 Å². The number of alkyl halides is 3. The Balaban J connectivity index is 4.81. The third-order valence-corrected chi connectivity index (χ3v) is 4.25. The van der Waals surface area contributed by atoms with Crippen molar-refractivity contribution < 1.29 is 17.7 Å². The van der Waals surface area contributed by atoms with E-state index >= 15 is 0 Å². The molecule has 0 saturated heterocycles. The first-order valence-corrected chi connectivity index (χ1v) is 6.67. The molecule has 0 amide bonds. The Morgan fingerprint density at radius 2 is 1.67 bits per heavy atom. The van der Waals surface area contributed by atoms with Gasteiger partial charge in [0.05, 0.1) is 17.4 Å². The maximum Gasteiger partial charge on any atom is 0.394 e. The number of hydrogen-bond donors (Lipinski definition) is 1. The van der Waals surface area contributed by atoms with E-state index in [1.54, 1.807) is 13.8 Å². The normalized spacial score (nSPS) is 17.1. The summed E-state index contributed by atoms with van der Waals surface area (Å²) in [4.78, 5) is 0. The summed E-state index contributed by atoms with van der Waals surface area (Å²) >= 11 is -1.68. The monoisotopic (exact) mass is 284 g/mol. The number of halogens is 3. The van der Waals surface area contributed by atoms with Crippen LogP contribution in [0.2, 0.25) is 0 Å². The lowest BCUT2D eigenvalue weighted by atomic mass is 9.79. The third-order valence-electron chi connectivity index (χ3n) is 2.99. The van der Waals surface area contributed by atoms with E-state index in [0.29, 0.717) is 0 Å². The van der Waals surface area contributed by atoms with Crippen molar-refractivity contribution >= 4 is 11.4 Å². The molecule has 106 valence electrons. The summed E-state index contributed by atoms with van der Waals surface area (Å²) in [5.74, 6) is -0.830. The van der Waals surface area contributed by atoms with Gasteiger partial charge >= 0.3 is 6.18 Å². The number of rotatable bonds is 5. The number of nitriles is 1. The number of hydrogen-bond acceptors (Lipinski definition) is 3. The molecule has 0 aliphatic heterocycles. The van der Waals surface area contributed by atoms with Crippen molar-refractivity contribution in [1.82, 2.24) is 0 Å². The molecule has 0 heterocycles. The van der Waals surface area contributed by atoms with Crippen molar-refractivity contribution in [3.05, 3.63) is 0 Å². The highest BCUT2D eigenvalue weighted by atomic mass is 32.2. The molecule has 0 aliphatic rings. The van der Waals surface area contributed by atoms with Gasteiger partial charge in [0.1, 0.15) is 4.75 Å². The molecule has 7 heteroatoms. The molecular formula is C11H19F3N2OS. The highest BCUT2D eigenvalue weighted by molar-refractivity contribution is 7.90. The van der Waals surface area contributed by atoms with E-state index in [2.05, 4.69) is 0 Å². The van der Waals surface area contributed by atoms with E-state index in [4.69, 9.17) is 10.4 Å². The molecule has 0 radical (unpaired) electrons. The highest BCUT2D eigenvalue weighted by Gasteiger charge is 2.49. The summed E-state index contributed by atoms with van der Waals surface area (Å²) in [6.45, 7) is 5.27. The first-order chi connectivity index (χ1) is 7.83. The Kier molecular flexibility index (Phi) is 5.54. The molecule has 0 saturated carbocycles. The van der Waals surface area contributed by atoms with E-state index in [0.717, 1.165) is 13.8 Å². The van der Waals surface area contributed by atoms with Gasteiger partial charge in [-0.3, -0.25) is 0 Å². The summed E-state index contributed by atoms with van der Waals surface area (Å²) in [7, 11) is 0. The lowest BCUT2D eigenvalue weighted by Gasteiger charge is -2.32. The molecule has 0 aromatic rings. The van der Waals surface area contributed by atoms with Crippen LogP contribution in [0.3, 0.4) is 0 Å². The lowest BCUT2D eigenvalue weighted by Crippen LogP contribution is -2.41. The van der Waals surface area contributed by atoms with Gasteiger partial charge in [0.15, 0.2) is 0 Å². The zero-order valence-electron chi connectivity index (χ0n) is 11.0. The van der Waals surface area contributed by atoms with Gasteiger partial charge in [0.25, 0.3) is 0 Å². The minimum absolute atomic E-state index is 0.0755. The van der Waals surface area contributed by atoms with Crippen LogP contribution >= 0.6 is 0 Å². The first kappa shape index (κ1) is 17.6. The van der Waals surface area contributed by atoms with Gasteiger partial charge in [-0.15, -0.1) is 0 Å². The average Bonchev–Trinajstić information content (AvgIpc) is 2.13. The van der Waals surface area contributed by atoms with Gasteiger partial charge < -0.3 is 4.55 Å². The largest absolute Gasteiger partial charge is 0.598 e. The molecule has 2 unspecified atom stereocenters. The van der Waals surface area contributed by atoms with Crippen molar-refractivity contribution in [2.24, 2.45) is 16.5 Å². The Morgan fingerprint density at radius 3 is 1.94 bits per heavy atom. The minimum atomic E-state index is -4.37. The maximum absolute atomic E-state index is 12.7. The van der Waals surface area contributed by atoms with Gasteiger partial charge in [-0.1, -0.05) is 13.8 Å². The molecule has 0 aromatic carbocycles. The Bertz CT molecular complexity index is 321. The fourth-order valence-electron chi connectivity index (χ4n) is 1.57. The predicted octanol–water partition coefficient (Wildman–Crippen LogP) is 2.90. The van der Waals surface area contributed by atoms with Crippen LogP contribution in [0.25, 0.3) is 0 Å². The number of nitrogens with two attached hydrogens (primary N) is 1. The fraction of sp³-hybridized carbons (Fsp3) is 0.909. The smallest absolute Gasteiger partial charge is 0.394 e. The number of nitrogens with zero attached hydrogens (tertiary/aromatic N) is 1. The van der Waals surface area contributed by atoms with Crippen molar-refractivity contribution in [2.75, 3.05) is 0 Å². The summed E-state index contributed by atoms with van der Waals surface area (Å²) < 4.78 is 48.5. The van der Waals surface area contributed by atoms with Crippen molar-refractivity contribution in [2.45, 2.75) is 51.5 Å². The van der Waals surface area contributed by atoms with Gasteiger partial charge in [-0.25, -0.2) is 0 Å². The van der Waals surface area contributed by atoms with Crippen LogP contribution in [0.5, 0.6) is 0 Å². The third kappa shape index (κ3) is 4.67. The molecule has 2 N–H and O–H groups in total. The van der Waals surface area contributed by atoms with Crippen LogP contribution < -0.4 is 5.14 Å². The molecule has 0 rings (SSSR count). The van der Waals surface area contributed by atoms with Crippen molar-refractivity contribution in [3.63, 3.8) is 0 Å². The van der Waals surface area contributed by atoms with E-state index in [9.17, 15) is 17.7 Å². The first-order valence-electron chi connectivity index (χ1n) is 5.46. The van der Waals surface area contributed by atoms with E-state index < -0.39 is 33.6 Å². The quantitative estimate of drug-likeness (QED) is 0.789.